The van der Waals surface area contributed by atoms with Crippen molar-refractivity contribution in [1.29, 1.82) is 0 Å². The number of ether oxygens (including phenoxy) is 1. The zero-order valence-electron chi connectivity index (χ0n) is 13.8. The van der Waals surface area contributed by atoms with E-state index < -0.39 is 5.97 Å². The maximum Gasteiger partial charge on any atom is 0.337 e. The molecule has 2 aromatic heterocycles. The summed E-state index contributed by atoms with van der Waals surface area (Å²) in [5.74, 6) is 2.13. The average Bonchev–Trinajstić information content (AvgIpc) is 3.30. The highest BCUT2D eigenvalue weighted by molar-refractivity contribution is 5.98. The lowest BCUT2D eigenvalue weighted by atomic mass is 10.1. The molecule has 3 aromatic rings. The van der Waals surface area contributed by atoms with Crippen LogP contribution in [-0.2, 0) is 4.74 Å². The number of fused-ring (bicyclic) bond motifs is 1. The number of benzene rings is 1. The number of carboxylic acids is 1. The third-order valence-electron chi connectivity index (χ3n) is 4.43. The van der Waals surface area contributed by atoms with Crippen LogP contribution >= 0.6 is 0 Å². The number of aromatic nitrogens is 3. The van der Waals surface area contributed by atoms with Gasteiger partial charge in [0.15, 0.2) is 5.82 Å². The Balaban J connectivity index is 1.84. The van der Waals surface area contributed by atoms with Gasteiger partial charge in [-0.2, -0.15) is 5.10 Å². The summed E-state index contributed by atoms with van der Waals surface area (Å²) in [7, 11) is 0. The summed E-state index contributed by atoms with van der Waals surface area (Å²) in [6.07, 6.45) is 9.32. The zero-order chi connectivity index (χ0) is 18.1. The van der Waals surface area contributed by atoms with E-state index in [0.29, 0.717) is 24.7 Å². The SMILES string of the molecule is C#Cc1ccc2c(c1)c(Nc1cnccc1C(=O)O)nn2C1CCOC1. The van der Waals surface area contributed by atoms with Gasteiger partial charge in [-0.15, -0.1) is 6.42 Å². The third kappa shape index (κ3) is 2.76. The van der Waals surface area contributed by atoms with Crippen LogP contribution in [0.2, 0.25) is 0 Å². The lowest BCUT2D eigenvalue weighted by Crippen LogP contribution is -2.10. The third-order valence-corrected chi connectivity index (χ3v) is 4.43. The number of pyridine rings is 1. The van der Waals surface area contributed by atoms with Gasteiger partial charge < -0.3 is 15.2 Å². The van der Waals surface area contributed by atoms with E-state index in [4.69, 9.17) is 11.2 Å². The van der Waals surface area contributed by atoms with Crippen LogP contribution in [-0.4, -0.2) is 39.1 Å². The highest BCUT2D eigenvalue weighted by Crippen LogP contribution is 2.32. The number of aromatic carboxylic acids is 1. The van der Waals surface area contributed by atoms with Crippen molar-refractivity contribution in [3.8, 4) is 12.3 Å². The van der Waals surface area contributed by atoms with Crippen molar-refractivity contribution in [2.45, 2.75) is 12.5 Å². The van der Waals surface area contributed by atoms with Crippen molar-refractivity contribution in [2.75, 3.05) is 18.5 Å². The number of hydrogen-bond donors (Lipinski definition) is 2. The minimum absolute atomic E-state index is 0.125. The van der Waals surface area contributed by atoms with Gasteiger partial charge in [-0.05, 0) is 30.7 Å². The average molecular weight is 348 g/mol. The number of hydrogen-bond acceptors (Lipinski definition) is 5. The Kier molecular flexibility index (Phi) is 4.03. The Bertz CT molecular complexity index is 1030. The largest absolute Gasteiger partial charge is 0.478 e. The van der Waals surface area contributed by atoms with Crippen LogP contribution in [0.4, 0.5) is 11.5 Å². The molecule has 1 fully saturated rings. The fourth-order valence-electron chi connectivity index (χ4n) is 3.12. The second-order valence-electron chi connectivity index (χ2n) is 6.04. The van der Waals surface area contributed by atoms with Crippen LogP contribution < -0.4 is 5.32 Å². The lowest BCUT2D eigenvalue weighted by molar-refractivity contribution is 0.0698. The van der Waals surface area contributed by atoms with Gasteiger partial charge in [-0.25, -0.2) is 4.79 Å². The van der Waals surface area contributed by atoms with Crippen LogP contribution in [0, 0.1) is 12.3 Å². The Morgan fingerprint density at radius 3 is 3.04 bits per heavy atom. The summed E-state index contributed by atoms with van der Waals surface area (Å²) < 4.78 is 7.40. The molecule has 1 aliphatic heterocycles. The summed E-state index contributed by atoms with van der Waals surface area (Å²) in [6, 6.07) is 7.25. The quantitative estimate of drug-likeness (QED) is 0.705. The monoisotopic (exact) mass is 348 g/mol. The van der Waals surface area contributed by atoms with Crippen molar-refractivity contribution in [3.05, 3.63) is 47.8 Å². The van der Waals surface area contributed by atoms with Gasteiger partial charge in [0.1, 0.15) is 0 Å². The first-order chi connectivity index (χ1) is 12.7. The molecule has 0 amide bonds. The van der Waals surface area contributed by atoms with E-state index in [-0.39, 0.29) is 11.6 Å². The smallest absolute Gasteiger partial charge is 0.337 e. The number of rotatable bonds is 4. The maximum atomic E-state index is 11.5. The molecule has 0 bridgehead atoms. The van der Waals surface area contributed by atoms with Gasteiger partial charge in [0.05, 0.1) is 35.6 Å². The topological polar surface area (TPSA) is 89.3 Å². The molecule has 1 atom stereocenters. The van der Waals surface area contributed by atoms with Crippen LogP contribution in [0.25, 0.3) is 10.9 Å². The van der Waals surface area contributed by atoms with E-state index in [9.17, 15) is 9.90 Å². The molecule has 1 aliphatic rings. The molecule has 7 nitrogen and oxygen atoms in total. The number of carbonyl (C=O) groups is 1. The second-order valence-corrected chi connectivity index (χ2v) is 6.04. The molecular formula is C19H16N4O3. The van der Waals surface area contributed by atoms with Crippen molar-refractivity contribution >= 4 is 28.4 Å². The number of nitrogens with zero attached hydrogens (tertiary/aromatic N) is 3. The fourth-order valence-corrected chi connectivity index (χ4v) is 3.12. The Morgan fingerprint density at radius 1 is 1.42 bits per heavy atom. The van der Waals surface area contributed by atoms with E-state index in [2.05, 4.69) is 21.3 Å². The molecule has 130 valence electrons. The molecule has 26 heavy (non-hydrogen) atoms. The Labute approximate surface area is 149 Å². The number of nitrogens with one attached hydrogen (secondary N) is 1. The molecule has 0 aliphatic carbocycles. The van der Waals surface area contributed by atoms with Gasteiger partial charge in [0.25, 0.3) is 0 Å². The second kappa shape index (κ2) is 6.50. The minimum atomic E-state index is -1.04. The molecule has 0 radical (unpaired) electrons. The first-order valence-corrected chi connectivity index (χ1v) is 8.18. The molecule has 3 heterocycles. The molecular weight excluding hydrogens is 332 g/mol. The van der Waals surface area contributed by atoms with Crippen LogP contribution in [0.3, 0.4) is 0 Å². The molecule has 1 saturated heterocycles. The van der Waals surface area contributed by atoms with Crippen LogP contribution in [0.1, 0.15) is 28.4 Å². The van der Waals surface area contributed by atoms with Crippen molar-refractivity contribution in [1.82, 2.24) is 14.8 Å². The lowest BCUT2D eigenvalue weighted by Gasteiger charge is -2.09. The van der Waals surface area contributed by atoms with E-state index >= 15 is 0 Å². The van der Waals surface area contributed by atoms with E-state index in [1.54, 1.807) is 0 Å². The van der Waals surface area contributed by atoms with E-state index in [1.165, 1.54) is 18.5 Å². The summed E-state index contributed by atoms with van der Waals surface area (Å²) >= 11 is 0. The van der Waals surface area contributed by atoms with Gasteiger partial charge in [-0.3, -0.25) is 9.67 Å². The Hall–Kier alpha value is -3.37. The van der Waals surface area contributed by atoms with Crippen molar-refractivity contribution in [3.63, 3.8) is 0 Å². The van der Waals surface area contributed by atoms with Crippen molar-refractivity contribution in [2.24, 2.45) is 0 Å². The van der Waals surface area contributed by atoms with E-state index in [1.807, 2.05) is 22.9 Å². The Morgan fingerprint density at radius 2 is 2.31 bits per heavy atom. The zero-order valence-corrected chi connectivity index (χ0v) is 13.8. The maximum absolute atomic E-state index is 11.5. The van der Waals surface area contributed by atoms with Crippen LogP contribution in [0.15, 0.2) is 36.7 Å². The molecule has 7 heteroatoms. The highest BCUT2D eigenvalue weighted by Gasteiger charge is 2.23. The summed E-state index contributed by atoms with van der Waals surface area (Å²) in [6.45, 7) is 1.30. The predicted molar refractivity (Wildman–Crippen MR) is 96.6 cm³/mol. The molecule has 1 aromatic carbocycles. The number of carboxylic acid groups (broad SMARTS) is 1. The van der Waals surface area contributed by atoms with Gasteiger partial charge in [0.2, 0.25) is 0 Å². The predicted octanol–water partition coefficient (Wildman–Crippen LogP) is 2.82. The van der Waals surface area contributed by atoms with Crippen LogP contribution in [0.5, 0.6) is 0 Å². The fraction of sp³-hybridized carbons (Fsp3) is 0.211. The summed E-state index contributed by atoms with van der Waals surface area (Å²) in [5, 5.41) is 18.0. The highest BCUT2D eigenvalue weighted by atomic mass is 16.5. The number of anilines is 2. The number of terminal acetylenes is 1. The standard InChI is InChI=1S/C19H16N4O3/c1-2-12-3-4-17-15(9-12)18(22-23(17)13-6-8-26-11-13)21-16-10-20-7-5-14(16)19(24)25/h1,3-5,7,9-10,13H,6,8,11H2,(H,21,22)(H,24,25). The van der Waals surface area contributed by atoms with Crippen molar-refractivity contribution < 1.29 is 14.6 Å². The molecule has 1 unspecified atom stereocenters. The molecule has 4 rings (SSSR count). The minimum Gasteiger partial charge on any atom is -0.478 e. The first-order valence-electron chi connectivity index (χ1n) is 8.18. The molecule has 2 N–H and O–H groups in total. The van der Waals surface area contributed by atoms with Gasteiger partial charge in [0, 0.05) is 23.8 Å². The summed E-state index contributed by atoms with van der Waals surface area (Å²) in [4.78, 5) is 15.5. The summed E-state index contributed by atoms with van der Waals surface area (Å²) in [5.41, 5.74) is 2.15. The molecule has 0 spiro atoms. The van der Waals surface area contributed by atoms with E-state index in [0.717, 1.165) is 22.9 Å². The van der Waals surface area contributed by atoms with Gasteiger partial charge >= 0.3 is 5.97 Å². The van der Waals surface area contributed by atoms with Gasteiger partial charge in [-0.1, -0.05) is 5.92 Å². The normalized spacial score (nSPS) is 16.5. The first kappa shape index (κ1) is 16.1. The molecule has 0 saturated carbocycles.